The number of carbonyl (C=O) groups is 1. The standard InChI is InChI=1S/C22H26N2O3/c1-26-18-9-6-8-16(13-18)19(24-11-4-5-12-24)15-23-22(25)21-14-17-7-2-3-10-20(17)27-21/h2-3,6-10,13,19,21H,4-5,11-12,14-15H2,1H3,(H,23,25). The van der Waals surface area contributed by atoms with E-state index in [9.17, 15) is 4.79 Å². The van der Waals surface area contributed by atoms with Gasteiger partial charge in [-0.2, -0.15) is 0 Å². The van der Waals surface area contributed by atoms with Crippen LogP contribution in [0.15, 0.2) is 48.5 Å². The van der Waals surface area contributed by atoms with Gasteiger partial charge in [-0.05, 0) is 55.3 Å². The molecule has 0 aromatic heterocycles. The number of rotatable bonds is 6. The van der Waals surface area contributed by atoms with Crippen LogP contribution >= 0.6 is 0 Å². The molecule has 2 aliphatic heterocycles. The molecule has 0 spiro atoms. The molecule has 1 saturated heterocycles. The van der Waals surface area contributed by atoms with Crippen LogP contribution in [0.4, 0.5) is 0 Å². The second kappa shape index (κ2) is 8.01. The van der Waals surface area contributed by atoms with Gasteiger partial charge in [0, 0.05) is 13.0 Å². The van der Waals surface area contributed by atoms with E-state index in [1.807, 2.05) is 36.4 Å². The highest BCUT2D eigenvalue weighted by molar-refractivity contribution is 5.82. The Morgan fingerprint density at radius 2 is 2.04 bits per heavy atom. The van der Waals surface area contributed by atoms with Gasteiger partial charge >= 0.3 is 0 Å². The molecule has 0 aliphatic carbocycles. The van der Waals surface area contributed by atoms with Crippen molar-refractivity contribution < 1.29 is 14.3 Å². The monoisotopic (exact) mass is 366 g/mol. The highest BCUT2D eigenvalue weighted by atomic mass is 16.5. The smallest absolute Gasteiger partial charge is 0.261 e. The molecule has 2 aromatic carbocycles. The summed E-state index contributed by atoms with van der Waals surface area (Å²) in [5.41, 5.74) is 2.27. The predicted molar refractivity (Wildman–Crippen MR) is 104 cm³/mol. The normalized spacial score (nSPS) is 20.0. The maximum Gasteiger partial charge on any atom is 0.261 e. The SMILES string of the molecule is COc1cccc(C(CNC(=O)C2Cc3ccccc3O2)N2CCCC2)c1. The third-order valence-corrected chi connectivity index (χ3v) is 5.47. The summed E-state index contributed by atoms with van der Waals surface area (Å²) in [6, 6.07) is 16.1. The molecule has 5 nitrogen and oxygen atoms in total. The first-order chi connectivity index (χ1) is 13.2. The number of likely N-dealkylation sites (tertiary alicyclic amines) is 1. The molecule has 5 heteroatoms. The average molecular weight is 366 g/mol. The lowest BCUT2D eigenvalue weighted by molar-refractivity contribution is -0.127. The Morgan fingerprint density at radius 3 is 2.81 bits per heavy atom. The Hall–Kier alpha value is -2.53. The largest absolute Gasteiger partial charge is 0.497 e. The number of ether oxygens (including phenoxy) is 2. The number of carbonyl (C=O) groups excluding carboxylic acids is 1. The molecule has 2 aromatic rings. The van der Waals surface area contributed by atoms with Gasteiger partial charge in [-0.25, -0.2) is 0 Å². The number of nitrogens with one attached hydrogen (secondary N) is 1. The summed E-state index contributed by atoms with van der Waals surface area (Å²) in [4.78, 5) is 15.2. The number of para-hydroxylation sites is 1. The van der Waals surface area contributed by atoms with Crippen LogP contribution in [-0.2, 0) is 11.2 Å². The lowest BCUT2D eigenvalue weighted by Gasteiger charge is -2.29. The zero-order chi connectivity index (χ0) is 18.6. The minimum atomic E-state index is -0.438. The van der Waals surface area contributed by atoms with Gasteiger partial charge in [-0.15, -0.1) is 0 Å². The van der Waals surface area contributed by atoms with E-state index < -0.39 is 6.10 Å². The van der Waals surface area contributed by atoms with Crippen molar-refractivity contribution >= 4 is 5.91 Å². The van der Waals surface area contributed by atoms with Crippen molar-refractivity contribution in [2.75, 3.05) is 26.7 Å². The van der Waals surface area contributed by atoms with Gasteiger partial charge in [-0.3, -0.25) is 9.69 Å². The van der Waals surface area contributed by atoms with E-state index in [0.29, 0.717) is 13.0 Å². The van der Waals surface area contributed by atoms with Crippen LogP contribution in [-0.4, -0.2) is 43.7 Å². The Bertz CT molecular complexity index is 777. The van der Waals surface area contributed by atoms with Gasteiger partial charge in [-0.1, -0.05) is 30.3 Å². The molecule has 4 rings (SSSR count). The zero-order valence-corrected chi connectivity index (χ0v) is 15.7. The van der Waals surface area contributed by atoms with E-state index in [1.165, 1.54) is 18.4 Å². The Kier molecular flexibility index (Phi) is 5.30. The first-order valence-corrected chi connectivity index (χ1v) is 9.65. The predicted octanol–water partition coefficient (Wildman–Crippen LogP) is 2.95. The minimum absolute atomic E-state index is 0.0432. The second-order valence-electron chi connectivity index (χ2n) is 7.20. The number of nitrogens with zero attached hydrogens (tertiary/aromatic N) is 1. The molecular formula is C22H26N2O3. The topological polar surface area (TPSA) is 50.8 Å². The molecule has 1 fully saturated rings. The summed E-state index contributed by atoms with van der Waals surface area (Å²) in [7, 11) is 1.68. The van der Waals surface area contributed by atoms with E-state index >= 15 is 0 Å². The van der Waals surface area contributed by atoms with Crippen molar-refractivity contribution in [2.45, 2.75) is 31.4 Å². The number of hydrogen-bond donors (Lipinski definition) is 1. The summed E-state index contributed by atoms with van der Waals surface area (Å²) >= 11 is 0. The molecular weight excluding hydrogens is 340 g/mol. The average Bonchev–Trinajstić information content (AvgIpc) is 3.38. The van der Waals surface area contributed by atoms with Crippen molar-refractivity contribution in [1.82, 2.24) is 10.2 Å². The molecule has 0 bridgehead atoms. The summed E-state index contributed by atoms with van der Waals surface area (Å²) in [6.45, 7) is 2.69. The molecule has 27 heavy (non-hydrogen) atoms. The second-order valence-corrected chi connectivity index (χ2v) is 7.20. The number of hydrogen-bond acceptors (Lipinski definition) is 4. The Morgan fingerprint density at radius 1 is 1.22 bits per heavy atom. The molecule has 2 atom stereocenters. The van der Waals surface area contributed by atoms with Crippen LogP contribution < -0.4 is 14.8 Å². The van der Waals surface area contributed by atoms with Crippen LogP contribution in [0.5, 0.6) is 11.5 Å². The van der Waals surface area contributed by atoms with Gasteiger partial charge in [0.15, 0.2) is 6.10 Å². The molecule has 142 valence electrons. The Labute approximate surface area is 160 Å². The van der Waals surface area contributed by atoms with Crippen LogP contribution in [0.3, 0.4) is 0 Å². The highest BCUT2D eigenvalue weighted by Gasteiger charge is 2.30. The van der Waals surface area contributed by atoms with Crippen molar-refractivity contribution in [3.05, 3.63) is 59.7 Å². The van der Waals surface area contributed by atoms with E-state index in [-0.39, 0.29) is 11.9 Å². The van der Waals surface area contributed by atoms with E-state index in [4.69, 9.17) is 9.47 Å². The summed E-state index contributed by atoms with van der Waals surface area (Å²) < 4.78 is 11.2. The van der Waals surface area contributed by atoms with Gasteiger partial charge in [0.2, 0.25) is 0 Å². The van der Waals surface area contributed by atoms with Gasteiger partial charge in [0.1, 0.15) is 11.5 Å². The van der Waals surface area contributed by atoms with E-state index in [2.05, 4.69) is 22.3 Å². The van der Waals surface area contributed by atoms with E-state index in [0.717, 1.165) is 30.2 Å². The summed E-state index contributed by atoms with van der Waals surface area (Å²) in [5, 5.41) is 3.13. The number of fused-ring (bicyclic) bond motifs is 1. The van der Waals surface area contributed by atoms with Crippen molar-refractivity contribution in [3.8, 4) is 11.5 Å². The van der Waals surface area contributed by atoms with Crippen LogP contribution in [0.2, 0.25) is 0 Å². The van der Waals surface area contributed by atoms with Crippen molar-refractivity contribution in [2.24, 2.45) is 0 Å². The third-order valence-electron chi connectivity index (χ3n) is 5.47. The number of methoxy groups -OCH3 is 1. The van der Waals surface area contributed by atoms with Crippen molar-refractivity contribution in [1.29, 1.82) is 0 Å². The first-order valence-electron chi connectivity index (χ1n) is 9.65. The molecule has 0 saturated carbocycles. The molecule has 2 aliphatic rings. The fraction of sp³-hybridized carbons (Fsp3) is 0.409. The molecule has 1 amide bonds. The van der Waals surface area contributed by atoms with Gasteiger partial charge in [0.05, 0.1) is 13.2 Å². The third kappa shape index (κ3) is 3.93. The summed E-state index contributed by atoms with van der Waals surface area (Å²) in [5.74, 6) is 1.62. The summed E-state index contributed by atoms with van der Waals surface area (Å²) in [6.07, 6.45) is 2.60. The molecule has 2 unspecified atom stereocenters. The zero-order valence-electron chi connectivity index (χ0n) is 15.7. The van der Waals surface area contributed by atoms with Crippen LogP contribution in [0.1, 0.15) is 30.0 Å². The fourth-order valence-corrected chi connectivity index (χ4v) is 4.00. The first kappa shape index (κ1) is 17.9. The maximum atomic E-state index is 12.7. The fourth-order valence-electron chi connectivity index (χ4n) is 4.00. The lowest BCUT2D eigenvalue weighted by Crippen LogP contribution is -2.42. The molecule has 2 heterocycles. The van der Waals surface area contributed by atoms with Crippen LogP contribution in [0.25, 0.3) is 0 Å². The quantitative estimate of drug-likeness (QED) is 0.854. The molecule has 0 radical (unpaired) electrons. The highest BCUT2D eigenvalue weighted by Crippen LogP contribution is 2.29. The van der Waals surface area contributed by atoms with Crippen LogP contribution in [0, 0.1) is 0 Å². The lowest BCUT2D eigenvalue weighted by atomic mass is 10.0. The van der Waals surface area contributed by atoms with Gasteiger partial charge < -0.3 is 14.8 Å². The van der Waals surface area contributed by atoms with Crippen molar-refractivity contribution in [3.63, 3.8) is 0 Å². The minimum Gasteiger partial charge on any atom is -0.497 e. The number of amides is 1. The maximum absolute atomic E-state index is 12.7. The molecule has 1 N–H and O–H groups in total. The van der Waals surface area contributed by atoms with Gasteiger partial charge in [0.25, 0.3) is 5.91 Å². The Balaban J connectivity index is 1.43. The number of benzene rings is 2. The van der Waals surface area contributed by atoms with E-state index in [1.54, 1.807) is 7.11 Å².